The number of fused-ring (bicyclic) bond motifs is 1. The van der Waals surface area contributed by atoms with Crippen LogP contribution in [0.15, 0.2) is 54.7 Å². The van der Waals surface area contributed by atoms with E-state index in [1.165, 1.54) is 0 Å². The highest BCUT2D eigenvalue weighted by molar-refractivity contribution is 6.30. The molecule has 0 bridgehead atoms. The topological polar surface area (TPSA) is 65.4 Å². The van der Waals surface area contributed by atoms with Gasteiger partial charge in [-0.05, 0) is 30.3 Å². The first-order valence-corrected chi connectivity index (χ1v) is 8.10. The molecule has 4 rings (SSSR count). The summed E-state index contributed by atoms with van der Waals surface area (Å²) in [6, 6.07) is 14.2. The lowest BCUT2D eigenvalue weighted by Crippen LogP contribution is -2.21. The Hall–Kier alpha value is -2.99. The van der Waals surface area contributed by atoms with Gasteiger partial charge in [-0.1, -0.05) is 23.7 Å². The van der Waals surface area contributed by atoms with E-state index in [1.54, 1.807) is 47.3 Å². The summed E-state index contributed by atoms with van der Waals surface area (Å²) >= 11 is 6.04. The van der Waals surface area contributed by atoms with E-state index < -0.39 is 0 Å². The van der Waals surface area contributed by atoms with Gasteiger partial charge >= 0.3 is 0 Å². The third-order valence-corrected chi connectivity index (χ3v) is 3.98. The first kappa shape index (κ1) is 15.5. The van der Waals surface area contributed by atoms with E-state index in [0.717, 1.165) is 5.69 Å². The molecule has 0 atom stereocenters. The van der Waals surface area contributed by atoms with Crippen LogP contribution < -0.4 is 14.8 Å². The molecule has 0 unspecified atom stereocenters. The van der Waals surface area contributed by atoms with Gasteiger partial charge in [-0.2, -0.15) is 5.10 Å². The Balaban J connectivity index is 1.64. The quantitative estimate of drug-likeness (QED) is 0.780. The first-order valence-electron chi connectivity index (χ1n) is 7.72. The first-order chi connectivity index (χ1) is 12.2. The van der Waals surface area contributed by atoms with Crippen LogP contribution in [0.1, 0.15) is 10.4 Å². The van der Waals surface area contributed by atoms with Gasteiger partial charge < -0.3 is 14.8 Å². The molecule has 0 fully saturated rings. The molecule has 1 aliphatic rings. The van der Waals surface area contributed by atoms with Crippen LogP contribution in [0, 0.1) is 0 Å². The third kappa shape index (κ3) is 3.04. The largest absolute Gasteiger partial charge is 0.486 e. The number of anilines is 1. The molecule has 126 valence electrons. The monoisotopic (exact) mass is 355 g/mol. The van der Waals surface area contributed by atoms with Crippen LogP contribution in [0.5, 0.6) is 11.5 Å². The number of nitrogens with zero attached hydrogens (tertiary/aromatic N) is 2. The molecular weight excluding hydrogens is 342 g/mol. The van der Waals surface area contributed by atoms with Gasteiger partial charge in [-0.25, -0.2) is 4.68 Å². The summed E-state index contributed by atoms with van der Waals surface area (Å²) in [4.78, 5) is 12.7. The zero-order valence-corrected chi connectivity index (χ0v) is 13.9. The molecule has 0 radical (unpaired) electrons. The molecule has 2 heterocycles. The number of halogens is 1. The van der Waals surface area contributed by atoms with Crippen LogP contribution in [0.4, 0.5) is 5.82 Å². The summed E-state index contributed by atoms with van der Waals surface area (Å²) in [5.41, 5.74) is 1.17. The second-order valence-electron chi connectivity index (χ2n) is 5.39. The van der Waals surface area contributed by atoms with E-state index in [9.17, 15) is 4.79 Å². The molecule has 0 saturated carbocycles. The Morgan fingerprint density at radius 2 is 1.96 bits per heavy atom. The Bertz CT molecular complexity index is 939. The van der Waals surface area contributed by atoms with Crippen molar-refractivity contribution >= 4 is 23.3 Å². The maximum Gasteiger partial charge on any atom is 0.260 e. The van der Waals surface area contributed by atoms with Crippen LogP contribution >= 0.6 is 11.6 Å². The number of benzene rings is 2. The fraction of sp³-hybridized carbons (Fsp3) is 0.111. The van der Waals surface area contributed by atoms with Crippen molar-refractivity contribution in [3.63, 3.8) is 0 Å². The predicted octanol–water partition coefficient (Wildman–Crippen LogP) is 3.55. The van der Waals surface area contributed by atoms with Crippen LogP contribution in [-0.2, 0) is 0 Å². The highest BCUT2D eigenvalue weighted by Crippen LogP contribution is 2.34. The van der Waals surface area contributed by atoms with E-state index in [4.69, 9.17) is 21.1 Å². The van der Waals surface area contributed by atoms with Gasteiger partial charge in [0.05, 0.1) is 17.4 Å². The molecule has 1 amide bonds. The third-order valence-electron chi connectivity index (χ3n) is 3.75. The number of para-hydroxylation sites is 1. The van der Waals surface area contributed by atoms with Crippen LogP contribution in [0.3, 0.4) is 0 Å². The molecule has 3 aromatic rings. The lowest BCUT2D eigenvalue weighted by Gasteiger charge is -2.20. The fourth-order valence-corrected chi connectivity index (χ4v) is 2.83. The van der Waals surface area contributed by atoms with Crippen LogP contribution in [-0.4, -0.2) is 28.9 Å². The zero-order chi connectivity index (χ0) is 17.2. The van der Waals surface area contributed by atoms with Gasteiger partial charge in [0.25, 0.3) is 5.91 Å². The van der Waals surface area contributed by atoms with Gasteiger partial charge in [0, 0.05) is 11.1 Å². The van der Waals surface area contributed by atoms with Gasteiger partial charge in [-0.15, -0.1) is 0 Å². The maximum atomic E-state index is 12.7. The maximum absolute atomic E-state index is 12.7. The Labute approximate surface area is 148 Å². The van der Waals surface area contributed by atoms with Crippen molar-refractivity contribution in [2.24, 2.45) is 0 Å². The number of ether oxygens (including phenoxy) is 2. The summed E-state index contributed by atoms with van der Waals surface area (Å²) in [5, 5.41) is 7.70. The molecule has 2 aromatic carbocycles. The number of hydrogen-bond donors (Lipinski definition) is 1. The van der Waals surface area contributed by atoms with Crippen molar-refractivity contribution in [1.82, 2.24) is 9.78 Å². The summed E-state index contributed by atoms with van der Waals surface area (Å²) in [5.74, 6) is 1.26. The molecule has 1 aliphatic heterocycles. The Morgan fingerprint density at radius 3 is 2.84 bits per heavy atom. The molecular formula is C18H14ClN3O3. The number of amides is 1. The summed E-state index contributed by atoms with van der Waals surface area (Å²) in [6.07, 6.45) is 1.61. The second kappa shape index (κ2) is 6.49. The predicted molar refractivity (Wildman–Crippen MR) is 94.0 cm³/mol. The van der Waals surface area contributed by atoms with E-state index in [1.807, 2.05) is 12.1 Å². The summed E-state index contributed by atoms with van der Waals surface area (Å²) < 4.78 is 12.7. The van der Waals surface area contributed by atoms with Crippen LogP contribution in [0.2, 0.25) is 5.02 Å². The standard InChI is InChI=1S/C18H14ClN3O3/c19-12-3-1-4-13(11-12)22-16(7-8-20-22)21-18(23)14-5-2-6-15-17(14)25-10-9-24-15/h1-8,11H,9-10H2,(H,21,23). The molecule has 1 aromatic heterocycles. The van der Waals surface area contributed by atoms with Crippen LogP contribution in [0.25, 0.3) is 5.69 Å². The smallest absolute Gasteiger partial charge is 0.260 e. The van der Waals surface area contributed by atoms with Crippen molar-refractivity contribution in [1.29, 1.82) is 0 Å². The Morgan fingerprint density at radius 1 is 1.12 bits per heavy atom. The molecule has 6 nitrogen and oxygen atoms in total. The van der Waals surface area contributed by atoms with E-state index in [2.05, 4.69) is 10.4 Å². The molecule has 25 heavy (non-hydrogen) atoms. The normalized spacial score (nSPS) is 12.7. The lowest BCUT2D eigenvalue weighted by molar-refractivity contribution is 0.101. The number of rotatable bonds is 3. The minimum atomic E-state index is -0.300. The van der Waals surface area contributed by atoms with Crippen molar-refractivity contribution in [3.05, 3.63) is 65.3 Å². The van der Waals surface area contributed by atoms with Gasteiger partial charge in [0.15, 0.2) is 11.5 Å². The number of hydrogen-bond acceptors (Lipinski definition) is 4. The fourth-order valence-electron chi connectivity index (χ4n) is 2.65. The average molecular weight is 356 g/mol. The molecule has 0 spiro atoms. The van der Waals surface area contributed by atoms with Crippen molar-refractivity contribution in [2.75, 3.05) is 18.5 Å². The number of aromatic nitrogens is 2. The number of carbonyl (C=O) groups excluding carboxylic acids is 1. The molecule has 0 saturated heterocycles. The minimum Gasteiger partial charge on any atom is -0.486 e. The Kier molecular flexibility index (Phi) is 4.03. The summed E-state index contributed by atoms with van der Waals surface area (Å²) in [6.45, 7) is 0.886. The van der Waals surface area contributed by atoms with E-state index >= 15 is 0 Å². The highest BCUT2D eigenvalue weighted by atomic mass is 35.5. The second-order valence-corrected chi connectivity index (χ2v) is 5.83. The van der Waals surface area contributed by atoms with Crippen molar-refractivity contribution in [2.45, 2.75) is 0 Å². The van der Waals surface area contributed by atoms with Gasteiger partial charge in [-0.3, -0.25) is 4.79 Å². The van der Waals surface area contributed by atoms with E-state index in [-0.39, 0.29) is 5.91 Å². The molecule has 0 aliphatic carbocycles. The minimum absolute atomic E-state index is 0.300. The lowest BCUT2D eigenvalue weighted by atomic mass is 10.1. The number of carbonyl (C=O) groups is 1. The van der Waals surface area contributed by atoms with Gasteiger partial charge in [0.1, 0.15) is 19.0 Å². The molecule has 7 heteroatoms. The highest BCUT2D eigenvalue weighted by Gasteiger charge is 2.21. The zero-order valence-electron chi connectivity index (χ0n) is 13.1. The molecule has 1 N–H and O–H groups in total. The average Bonchev–Trinajstić information content (AvgIpc) is 3.09. The number of nitrogens with one attached hydrogen (secondary N) is 1. The van der Waals surface area contributed by atoms with Crippen molar-refractivity contribution < 1.29 is 14.3 Å². The van der Waals surface area contributed by atoms with Crippen molar-refractivity contribution in [3.8, 4) is 17.2 Å². The van der Waals surface area contributed by atoms with Gasteiger partial charge in [0.2, 0.25) is 0 Å². The summed E-state index contributed by atoms with van der Waals surface area (Å²) in [7, 11) is 0. The van der Waals surface area contributed by atoms with E-state index in [0.29, 0.717) is 41.1 Å². The SMILES string of the molecule is O=C(Nc1ccnn1-c1cccc(Cl)c1)c1cccc2c1OCCO2.